The predicted molar refractivity (Wildman–Crippen MR) is 125 cm³/mol. The summed E-state index contributed by atoms with van der Waals surface area (Å²) in [6, 6.07) is 11.9. The van der Waals surface area contributed by atoms with Crippen molar-refractivity contribution in [2.75, 3.05) is 20.2 Å². The molecule has 2 aliphatic heterocycles. The highest BCUT2D eigenvalue weighted by Crippen LogP contribution is 2.39. The minimum Gasteiger partial charge on any atom is -0.465 e. The fourth-order valence-corrected chi connectivity index (χ4v) is 8.08. The van der Waals surface area contributed by atoms with Crippen molar-refractivity contribution < 1.29 is 17.9 Å². The Morgan fingerprint density at radius 3 is 2.58 bits per heavy atom. The fraction of sp³-hybridized carbons (Fsp3) is 0.333. The molecule has 0 bridgehead atoms. The molecule has 172 valence electrons. The monoisotopic (exact) mass is 483 g/mol. The van der Waals surface area contributed by atoms with Gasteiger partial charge in [0.15, 0.2) is 0 Å². The van der Waals surface area contributed by atoms with E-state index in [-0.39, 0.29) is 9.77 Å². The number of hydrogen-bond donors (Lipinski definition) is 0. The van der Waals surface area contributed by atoms with Gasteiger partial charge < -0.3 is 4.74 Å². The quantitative estimate of drug-likeness (QED) is 0.519. The number of methoxy groups -OCH3 is 1. The van der Waals surface area contributed by atoms with Crippen LogP contribution in [0.4, 0.5) is 0 Å². The van der Waals surface area contributed by atoms with E-state index in [0.29, 0.717) is 32.5 Å². The van der Waals surface area contributed by atoms with E-state index in [1.54, 1.807) is 12.4 Å². The summed E-state index contributed by atoms with van der Waals surface area (Å²) in [6.45, 7) is 2.81. The molecule has 5 rings (SSSR count). The Hall–Kier alpha value is -2.59. The lowest BCUT2D eigenvalue weighted by Gasteiger charge is -2.27. The highest BCUT2D eigenvalue weighted by molar-refractivity contribution is 7.91. The van der Waals surface area contributed by atoms with Crippen LogP contribution in [0.1, 0.15) is 37.5 Å². The zero-order valence-corrected chi connectivity index (χ0v) is 20.0. The molecule has 0 aliphatic carbocycles. The van der Waals surface area contributed by atoms with E-state index >= 15 is 0 Å². The fourth-order valence-electron chi connectivity index (χ4n) is 4.60. The summed E-state index contributed by atoms with van der Waals surface area (Å²) >= 11 is 1.22. The van der Waals surface area contributed by atoms with E-state index in [2.05, 4.69) is 9.88 Å². The summed E-state index contributed by atoms with van der Waals surface area (Å²) in [5, 5.41) is 0. The average molecular weight is 484 g/mol. The van der Waals surface area contributed by atoms with Crippen LogP contribution in [0.25, 0.3) is 0 Å². The van der Waals surface area contributed by atoms with Crippen molar-refractivity contribution in [3.63, 3.8) is 0 Å². The van der Waals surface area contributed by atoms with Crippen molar-refractivity contribution in [1.82, 2.24) is 14.2 Å². The number of carbonyl (C=O) groups is 1. The van der Waals surface area contributed by atoms with Gasteiger partial charge in [-0.05, 0) is 47.2 Å². The van der Waals surface area contributed by atoms with Crippen molar-refractivity contribution in [1.29, 1.82) is 0 Å². The first-order valence-corrected chi connectivity index (χ1v) is 13.1. The molecule has 2 aromatic heterocycles. The van der Waals surface area contributed by atoms with Crippen LogP contribution < -0.4 is 0 Å². The number of hydrogen-bond acceptors (Lipinski definition) is 7. The zero-order chi connectivity index (χ0) is 23.0. The number of fused-ring (bicyclic) bond motifs is 2. The number of ether oxygens (including phenoxy) is 1. The normalized spacial score (nSPS) is 16.8. The number of sulfonamides is 1. The molecule has 2 aliphatic rings. The first-order chi connectivity index (χ1) is 16.0. The third-order valence-electron chi connectivity index (χ3n) is 6.32. The first kappa shape index (κ1) is 22.2. The second kappa shape index (κ2) is 8.98. The molecule has 0 saturated carbocycles. The van der Waals surface area contributed by atoms with E-state index in [1.165, 1.54) is 28.3 Å². The Morgan fingerprint density at radius 1 is 1.06 bits per heavy atom. The number of thiophene rings is 1. The minimum absolute atomic E-state index is 0.115. The number of rotatable bonds is 5. The second-order valence-electron chi connectivity index (χ2n) is 8.33. The summed E-state index contributed by atoms with van der Waals surface area (Å²) in [5.41, 5.74) is 4.37. The molecule has 9 heteroatoms. The van der Waals surface area contributed by atoms with Crippen LogP contribution >= 0.6 is 11.3 Å². The summed E-state index contributed by atoms with van der Waals surface area (Å²) in [6.07, 6.45) is 4.81. The van der Waals surface area contributed by atoms with Crippen molar-refractivity contribution in [3.8, 4) is 0 Å². The molecule has 0 spiro atoms. The SMILES string of the molecule is COC(=O)c1c(S(=O)(=O)N2CCc3ccccc3C2)sc2c1CCN(Cc1ccncc1)C2. The van der Waals surface area contributed by atoms with Gasteiger partial charge in [-0.25, -0.2) is 13.2 Å². The highest BCUT2D eigenvalue weighted by atomic mass is 32.2. The lowest BCUT2D eigenvalue weighted by atomic mass is 10.0. The molecule has 33 heavy (non-hydrogen) atoms. The third kappa shape index (κ3) is 4.21. The smallest absolute Gasteiger partial charge is 0.340 e. The Bertz CT molecular complexity index is 1290. The Morgan fingerprint density at radius 2 is 1.82 bits per heavy atom. The summed E-state index contributed by atoms with van der Waals surface area (Å²) in [5.74, 6) is -0.578. The average Bonchev–Trinajstić information content (AvgIpc) is 3.23. The Balaban J connectivity index is 1.47. The van der Waals surface area contributed by atoms with Crippen LogP contribution in [-0.4, -0.2) is 48.8 Å². The van der Waals surface area contributed by atoms with Crippen molar-refractivity contribution in [2.45, 2.75) is 36.7 Å². The van der Waals surface area contributed by atoms with E-state index in [1.807, 2.05) is 36.4 Å². The molecule has 0 atom stereocenters. The van der Waals surface area contributed by atoms with Gasteiger partial charge in [0.2, 0.25) is 0 Å². The number of benzene rings is 1. The highest BCUT2D eigenvalue weighted by Gasteiger charge is 2.38. The standard InChI is InChI=1S/C24H25N3O4S2/c1-31-23(28)22-20-9-12-26(14-17-6-10-25-11-7-17)16-21(20)32-24(22)33(29,30)27-13-8-18-4-2-3-5-19(18)15-27/h2-7,10-11H,8-9,12-16H2,1H3. The second-order valence-corrected chi connectivity index (χ2v) is 11.6. The van der Waals surface area contributed by atoms with Gasteiger partial charge in [0.25, 0.3) is 10.0 Å². The molecule has 0 unspecified atom stereocenters. The topological polar surface area (TPSA) is 79.8 Å². The van der Waals surface area contributed by atoms with E-state index in [0.717, 1.165) is 34.7 Å². The first-order valence-electron chi connectivity index (χ1n) is 10.9. The maximum absolute atomic E-state index is 13.7. The number of esters is 1. The van der Waals surface area contributed by atoms with E-state index < -0.39 is 16.0 Å². The summed E-state index contributed by atoms with van der Waals surface area (Å²) in [7, 11) is -2.53. The van der Waals surface area contributed by atoms with Gasteiger partial charge in [0.1, 0.15) is 4.21 Å². The van der Waals surface area contributed by atoms with E-state index in [9.17, 15) is 13.2 Å². The molecule has 0 saturated heterocycles. The Kier molecular flexibility index (Phi) is 6.05. The maximum Gasteiger partial charge on any atom is 0.340 e. The van der Waals surface area contributed by atoms with Gasteiger partial charge in [-0.1, -0.05) is 24.3 Å². The number of carbonyl (C=O) groups excluding carboxylic acids is 1. The van der Waals surface area contributed by atoms with Gasteiger partial charge in [-0.3, -0.25) is 9.88 Å². The lowest BCUT2D eigenvalue weighted by molar-refractivity contribution is 0.0595. The largest absolute Gasteiger partial charge is 0.465 e. The summed E-state index contributed by atoms with van der Waals surface area (Å²) < 4.78 is 34.1. The molecule has 4 heterocycles. The van der Waals surface area contributed by atoms with Crippen LogP contribution in [0.2, 0.25) is 0 Å². The predicted octanol–water partition coefficient (Wildman–Crippen LogP) is 3.24. The number of pyridine rings is 1. The molecule has 0 N–H and O–H groups in total. The van der Waals surface area contributed by atoms with Gasteiger partial charge in [0.05, 0.1) is 12.7 Å². The lowest BCUT2D eigenvalue weighted by Crippen LogP contribution is -2.36. The van der Waals surface area contributed by atoms with Crippen LogP contribution in [0.3, 0.4) is 0 Å². The molecule has 7 nitrogen and oxygen atoms in total. The van der Waals surface area contributed by atoms with Crippen LogP contribution in [-0.2, 0) is 47.2 Å². The van der Waals surface area contributed by atoms with Crippen molar-refractivity contribution in [2.24, 2.45) is 0 Å². The third-order valence-corrected chi connectivity index (χ3v) is 9.88. The van der Waals surface area contributed by atoms with Gasteiger partial charge in [-0.2, -0.15) is 4.31 Å². The molecule has 0 radical (unpaired) electrons. The van der Waals surface area contributed by atoms with Gasteiger partial charge in [-0.15, -0.1) is 11.3 Å². The summed E-state index contributed by atoms with van der Waals surface area (Å²) in [4.78, 5) is 20.0. The van der Waals surface area contributed by atoms with Gasteiger partial charge in [0, 0.05) is 50.0 Å². The minimum atomic E-state index is -3.84. The van der Waals surface area contributed by atoms with Crippen LogP contribution in [0.15, 0.2) is 53.0 Å². The molecular weight excluding hydrogens is 458 g/mol. The van der Waals surface area contributed by atoms with Crippen molar-refractivity contribution >= 4 is 27.3 Å². The molecule has 3 aromatic rings. The number of aromatic nitrogens is 1. The molecular formula is C24H25N3O4S2. The number of nitrogens with zero attached hydrogens (tertiary/aromatic N) is 3. The van der Waals surface area contributed by atoms with Gasteiger partial charge >= 0.3 is 5.97 Å². The van der Waals surface area contributed by atoms with E-state index in [4.69, 9.17) is 4.74 Å². The zero-order valence-electron chi connectivity index (χ0n) is 18.4. The maximum atomic E-state index is 13.7. The van der Waals surface area contributed by atoms with Crippen LogP contribution in [0.5, 0.6) is 0 Å². The Labute approximate surface area is 197 Å². The molecule has 1 aromatic carbocycles. The van der Waals surface area contributed by atoms with Crippen molar-refractivity contribution in [3.05, 3.63) is 81.5 Å². The molecule has 0 amide bonds. The molecule has 0 fully saturated rings. The van der Waals surface area contributed by atoms with Crippen LogP contribution in [0, 0.1) is 0 Å².